The molecule has 2 heterocycles. The highest BCUT2D eigenvalue weighted by molar-refractivity contribution is 7.98. The molecule has 2 amide bonds. The second-order valence-corrected chi connectivity index (χ2v) is 6.66. The quantitative estimate of drug-likeness (QED) is 0.871. The Kier molecular flexibility index (Phi) is 4.91. The molecule has 0 saturated carbocycles. The lowest BCUT2D eigenvalue weighted by Crippen LogP contribution is -2.40. The van der Waals surface area contributed by atoms with Crippen LogP contribution >= 0.6 is 11.8 Å². The van der Waals surface area contributed by atoms with Crippen molar-refractivity contribution < 1.29 is 4.79 Å². The molecule has 1 aliphatic rings. The van der Waals surface area contributed by atoms with E-state index >= 15 is 0 Å². The van der Waals surface area contributed by atoms with Crippen molar-refractivity contribution in [1.82, 2.24) is 14.5 Å². The van der Waals surface area contributed by atoms with Crippen LogP contribution in [0.1, 0.15) is 18.4 Å². The number of benzene rings is 1. The van der Waals surface area contributed by atoms with Crippen LogP contribution in [0.25, 0.3) is 0 Å². The van der Waals surface area contributed by atoms with E-state index in [4.69, 9.17) is 0 Å². The lowest BCUT2D eigenvalue weighted by Gasteiger charge is -2.26. The first kappa shape index (κ1) is 15.9. The molecule has 1 aromatic carbocycles. The van der Waals surface area contributed by atoms with E-state index in [0.29, 0.717) is 0 Å². The fourth-order valence-corrected chi connectivity index (χ4v) is 3.72. The van der Waals surface area contributed by atoms with Gasteiger partial charge in [0.05, 0.1) is 12.4 Å². The number of rotatable bonds is 4. The van der Waals surface area contributed by atoms with Gasteiger partial charge in [0, 0.05) is 36.1 Å². The van der Waals surface area contributed by atoms with Gasteiger partial charge in [-0.15, -0.1) is 11.8 Å². The monoisotopic (exact) mass is 330 g/mol. The Labute approximate surface area is 141 Å². The summed E-state index contributed by atoms with van der Waals surface area (Å²) in [5.41, 5.74) is 2.02. The van der Waals surface area contributed by atoms with E-state index < -0.39 is 0 Å². The number of urea groups is 1. The van der Waals surface area contributed by atoms with Crippen molar-refractivity contribution in [3.63, 3.8) is 0 Å². The van der Waals surface area contributed by atoms with Gasteiger partial charge in [0.2, 0.25) is 0 Å². The third-order valence-electron chi connectivity index (χ3n) is 4.36. The van der Waals surface area contributed by atoms with Crippen LogP contribution < -0.4 is 5.32 Å². The molecular weight excluding hydrogens is 308 g/mol. The van der Waals surface area contributed by atoms with E-state index in [1.54, 1.807) is 24.3 Å². The molecule has 1 aliphatic heterocycles. The van der Waals surface area contributed by atoms with Crippen molar-refractivity contribution in [2.75, 3.05) is 18.1 Å². The third kappa shape index (κ3) is 3.52. The van der Waals surface area contributed by atoms with Crippen LogP contribution in [0, 0.1) is 6.92 Å². The Morgan fingerprint density at radius 1 is 1.48 bits per heavy atom. The number of aromatic nitrogens is 2. The van der Waals surface area contributed by atoms with Crippen molar-refractivity contribution in [3.05, 3.63) is 42.5 Å². The SMILES string of the molecule is CSc1cccc(NC(=O)N2CCCC2Cn2ccnc2)c1C. The average Bonchev–Trinajstić information content (AvgIpc) is 3.21. The molecular formula is C17H22N4OS. The minimum Gasteiger partial charge on any atom is -0.335 e. The summed E-state index contributed by atoms with van der Waals surface area (Å²) >= 11 is 1.70. The number of hydrogen-bond acceptors (Lipinski definition) is 3. The summed E-state index contributed by atoms with van der Waals surface area (Å²) in [6.07, 6.45) is 9.67. The van der Waals surface area contributed by atoms with E-state index in [2.05, 4.69) is 29.5 Å². The maximum atomic E-state index is 12.7. The first-order valence-electron chi connectivity index (χ1n) is 7.86. The molecule has 5 nitrogen and oxygen atoms in total. The Morgan fingerprint density at radius 2 is 2.35 bits per heavy atom. The predicted molar refractivity (Wildman–Crippen MR) is 93.9 cm³/mol. The summed E-state index contributed by atoms with van der Waals surface area (Å²) in [6, 6.07) is 6.25. The van der Waals surface area contributed by atoms with Crippen LogP contribution in [-0.4, -0.2) is 39.3 Å². The molecule has 122 valence electrons. The molecule has 3 rings (SSSR count). The Hall–Kier alpha value is -1.95. The summed E-state index contributed by atoms with van der Waals surface area (Å²) in [6.45, 7) is 3.66. The maximum absolute atomic E-state index is 12.7. The molecule has 6 heteroatoms. The van der Waals surface area contributed by atoms with Gasteiger partial charge >= 0.3 is 6.03 Å². The molecule has 1 N–H and O–H groups in total. The first-order chi connectivity index (χ1) is 11.2. The van der Waals surface area contributed by atoms with Crippen LogP contribution in [0.15, 0.2) is 41.8 Å². The van der Waals surface area contributed by atoms with Crippen molar-refractivity contribution in [1.29, 1.82) is 0 Å². The Bertz CT molecular complexity index is 671. The molecule has 0 aliphatic carbocycles. The normalized spacial score (nSPS) is 17.5. The molecule has 23 heavy (non-hydrogen) atoms. The van der Waals surface area contributed by atoms with Gasteiger partial charge in [-0.1, -0.05) is 6.07 Å². The van der Waals surface area contributed by atoms with Crippen LogP contribution in [0.3, 0.4) is 0 Å². The van der Waals surface area contributed by atoms with Gasteiger partial charge in [-0.2, -0.15) is 0 Å². The number of nitrogens with zero attached hydrogens (tertiary/aromatic N) is 3. The molecule has 1 unspecified atom stereocenters. The molecule has 1 saturated heterocycles. The van der Waals surface area contributed by atoms with Gasteiger partial charge in [0.25, 0.3) is 0 Å². The van der Waals surface area contributed by atoms with Crippen molar-refractivity contribution in [3.8, 4) is 0 Å². The predicted octanol–water partition coefficient (Wildman–Crippen LogP) is 3.61. The fourth-order valence-electron chi connectivity index (χ4n) is 3.09. The average molecular weight is 330 g/mol. The smallest absolute Gasteiger partial charge is 0.322 e. The van der Waals surface area contributed by atoms with Gasteiger partial charge in [0.1, 0.15) is 0 Å². The zero-order valence-electron chi connectivity index (χ0n) is 13.5. The van der Waals surface area contributed by atoms with Crippen LogP contribution in [0.2, 0.25) is 0 Å². The van der Waals surface area contributed by atoms with Crippen molar-refractivity contribution >= 4 is 23.5 Å². The summed E-state index contributed by atoms with van der Waals surface area (Å²) in [7, 11) is 0. The standard InChI is InChI=1S/C17H22N4OS/c1-13-15(6-3-7-16(13)23-2)19-17(22)21-9-4-5-14(21)11-20-10-8-18-12-20/h3,6-8,10,12,14H,4-5,9,11H2,1-2H3,(H,19,22). The summed E-state index contributed by atoms with van der Waals surface area (Å²) in [5, 5.41) is 3.09. The van der Waals surface area contributed by atoms with Gasteiger partial charge in [-0.05, 0) is 43.7 Å². The zero-order chi connectivity index (χ0) is 16.2. The van der Waals surface area contributed by atoms with Gasteiger partial charge < -0.3 is 14.8 Å². The highest BCUT2D eigenvalue weighted by atomic mass is 32.2. The number of carbonyl (C=O) groups excluding carboxylic acids is 1. The number of nitrogens with one attached hydrogen (secondary N) is 1. The van der Waals surface area contributed by atoms with Crippen LogP contribution in [0.5, 0.6) is 0 Å². The van der Waals surface area contributed by atoms with E-state index in [-0.39, 0.29) is 12.1 Å². The molecule has 0 spiro atoms. The summed E-state index contributed by atoms with van der Waals surface area (Å²) in [4.78, 5) is 19.9. The molecule has 1 fully saturated rings. The second kappa shape index (κ2) is 7.08. The minimum atomic E-state index is -0.00558. The number of thioether (sulfide) groups is 1. The molecule has 0 radical (unpaired) electrons. The maximum Gasteiger partial charge on any atom is 0.322 e. The van der Waals surface area contributed by atoms with Gasteiger partial charge in [-0.3, -0.25) is 0 Å². The van der Waals surface area contributed by atoms with Crippen molar-refractivity contribution in [2.45, 2.75) is 37.2 Å². The second-order valence-electron chi connectivity index (χ2n) is 5.81. The van der Waals surface area contributed by atoms with Crippen LogP contribution in [-0.2, 0) is 6.54 Å². The Morgan fingerprint density at radius 3 is 3.09 bits per heavy atom. The van der Waals surface area contributed by atoms with Crippen LogP contribution in [0.4, 0.5) is 10.5 Å². The number of anilines is 1. The molecule has 2 aromatic rings. The lowest BCUT2D eigenvalue weighted by molar-refractivity contribution is 0.201. The molecule has 1 atom stereocenters. The molecule has 0 bridgehead atoms. The number of carbonyl (C=O) groups is 1. The zero-order valence-corrected chi connectivity index (χ0v) is 14.3. The number of hydrogen-bond donors (Lipinski definition) is 1. The fraction of sp³-hybridized carbons (Fsp3) is 0.412. The number of likely N-dealkylation sites (tertiary alicyclic amines) is 1. The Balaban J connectivity index is 1.70. The highest BCUT2D eigenvalue weighted by Gasteiger charge is 2.29. The van der Waals surface area contributed by atoms with E-state index in [9.17, 15) is 4.79 Å². The minimum absolute atomic E-state index is 0.00558. The topological polar surface area (TPSA) is 50.2 Å². The largest absolute Gasteiger partial charge is 0.335 e. The number of amides is 2. The van der Waals surface area contributed by atoms with E-state index in [1.807, 2.05) is 27.8 Å². The summed E-state index contributed by atoms with van der Waals surface area (Å²) in [5.74, 6) is 0. The van der Waals surface area contributed by atoms with Gasteiger partial charge in [0.15, 0.2) is 0 Å². The van der Waals surface area contributed by atoms with E-state index in [1.165, 1.54) is 4.90 Å². The molecule has 1 aromatic heterocycles. The first-order valence-corrected chi connectivity index (χ1v) is 9.08. The van der Waals surface area contributed by atoms with Crippen molar-refractivity contribution in [2.24, 2.45) is 0 Å². The number of imidazole rings is 1. The summed E-state index contributed by atoms with van der Waals surface area (Å²) < 4.78 is 2.04. The van der Waals surface area contributed by atoms with E-state index in [0.717, 1.165) is 37.2 Å². The highest BCUT2D eigenvalue weighted by Crippen LogP contribution is 2.27. The lowest BCUT2D eigenvalue weighted by atomic mass is 10.2. The third-order valence-corrected chi connectivity index (χ3v) is 5.25. The van der Waals surface area contributed by atoms with Gasteiger partial charge in [-0.25, -0.2) is 9.78 Å².